The fourth-order valence-electron chi connectivity index (χ4n) is 2.08. The van der Waals surface area contributed by atoms with Gasteiger partial charge in [0.25, 0.3) is 5.91 Å². The smallest absolute Gasteiger partial charge is 0.289 e. The number of amides is 1. The summed E-state index contributed by atoms with van der Waals surface area (Å²) >= 11 is 0. The maximum absolute atomic E-state index is 12.3. The summed E-state index contributed by atoms with van der Waals surface area (Å²) in [5.41, 5.74) is 7.42. The third-order valence-electron chi connectivity index (χ3n) is 3.45. The summed E-state index contributed by atoms with van der Waals surface area (Å²) < 4.78 is 5.61. The molecule has 4 nitrogen and oxygen atoms in total. The Labute approximate surface area is 113 Å². The summed E-state index contributed by atoms with van der Waals surface area (Å²) in [6, 6.07) is 7.79. The van der Waals surface area contributed by atoms with Crippen LogP contribution in [0.5, 0.6) is 0 Å². The van der Waals surface area contributed by atoms with Crippen LogP contribution in [0, 0.1) is 6.92 Å². The molecular weight excluding hydrogens is 240 g/mol. The third kappa shape index (κ3) is 2.79. The second kappa shape index (κ2) is 5.45. The highest BCUT2D eigenvalue weighted by Gasteiger charge is 2.20. The number of nitrogens with two attached hydrogens (primary N) is 1. The van der Waals surface area contributed by atoms with Gasteiger partial charge in [-0.25, -0.2) is 0 Å². The Hall–Kier alpha value is -1.81. The molecule has 2 aromatic rings. The van der Waals surface area contributed by atoms with E-state index in [4.69, 9.17) is 10.2 Å². The molecule has 4 heteroatoms. The van der Waals surface area contributed by atoms with Crippen molar-refractivity contribution in [3.63, 3.8) is 0 Å². The average Bonchev–Trinajstić information content (AvgIpc) is 2.80. The molecule has 1 atom stereocenters. The first-order chi connectivity index (χ1) is 9.02. The molecule has 0 bridgehead atoms. The van der Waals surface area contributed by atoms with E-state index in [2.05, 4.69) is 0 Å². The standard InChI is InChI=1S/C15H20N2O2/c1-10-4-5-13-12(8-10)9-14(19-13)15(18)17(3)11(2)6-7-16/h4-5,8-9,11H,6-7,16H2,1-3H3. The van der Waals surface area contributed by atoms with Gasteiger partial charge in [0.05, 0.1) is 0 Å². The monoisotopic (exact) mass is 260 g/mol. The lowest BCUT2D eigenvalue weighted by atomic mass is 10.2. The Kier molecular flexibility index (Phi) is 3.90. The van der Waals surface area contributed by atoms with Gasteiger partial charge in [0, 0.05) is 18.5 Å². The lowest BCUT2D eigenvalue weighted by Gasteiger charge is -2.23. The summed E-state index contributed by atoms with van der Waals surface area (Å²) in [6.45, 7) is 4.57. The maximum atomic E-state index is 12.3. The van der Waals surface area contributed by atoms with Gasteiger partial charge in [-0.2, -0.15) is 0 Å². The second-order valence-electron chi connectivity index (χ2n) is 4.99. The zero-order valence-electron chi connectivity index (χ0n) is 11.6. The topological polar surface area (TPSA) is 59.5 Å². The number of carbonyl (C=O) groups is 1. The van der Waals surface area contributed by atoms with E-state index in [1.165, 1.54) is 0 Å². The number of hydrogen-bond acceptors (Lipinski definition) is 3. The fourth-order valence-corrected chi connectivity index (χ4v) is 2.08. The van der Waals surface area contributed by atoms with Crippen LogP contribution in [0.3, 0.4) is 0 Å². The minimum Gasteiger partial charge on any atom is -0.451 e. The fraction of sp³-hybridized carbons (Fsp3) is 0.400. The zero-order chi connectivity index (χ0) is 14.0. The van der Waals surface area contributed by atoms with Crippen molar-refractivity contribution in [2.24, 2.45) is 5.73 Å². The third-order valence-corrected chi connectivity index (χ3v) is 3.45. The Balaban J connectivity index is 2.26. The lowest BCUT2D eigenvalue weighted by Crippen LogP contribution is -2.36. The maximum Gasteiger partial charge on any atom is 0.289 e. The highest BCUT2D eigenvalue weighted by Crippen LogP contribution is 2.22. The molecule has 1 unspecified atom stereocenters. The number of furan rings is 1. The van der Waals surface area contributed by atoms with Gasteiger partial charge in [-0.05, 0) is 45.0 Å². The van der Waals surface area contributed by atoms with Crippen LogP contribution < -0.4 is 5.73 Å². The van der Waals surface area contributed by atoms with E-state index >= 15 is 0 Å². The molecule has 0 aliphatic carbocycles. The number of hydrogen-bond donors (Lipinski definition) is 1. The molecule has 1 amide bonds. The van der Waals surface area contributed by atoms with Gasteiger partial charge in [-0.15, -0.1) is 0 Å². The highest BCUT2D eigenvalue weighted by atomic mass is 16.3. The van der Waals surface area contributed by atoms with Gasteiger partial charge in [0.15, 0.2) is 5.76 Å². The Morgan fingerprint density at radius 1 is 1.42 bits per heavy atom. The van der Waals surface area contributed by atoms with Crippen molar-refractivity contribution >= 4 is 16.9 Å². The van der Waals surface area contributed by atoms with Crippen LogP contribution in [0.1, 0.15) is 29.5 Å². The molecule has 2 N–H and O–H groups in total. The number of rotatable bonds is 4. The van der Waals surface area contributed by atoms with E-state index in [0.29, 0.717) is 12.3 Å². The van der Waals surface area contributed by atoms with E-state index in [1.54, 1.807) is 18.0 Å². The van der Waals surface area contributed by atoms with E-state index < -0.39 is 0 Å². The minimum absolute atomic E-state index is 0.102. The first-order valence-corrected chi connectivity index (χ1v) is 6.50. The average molecular weight is 260 g/mol. The molecule has 0 radical (unpaired) electrons. The van der Waals surface area contributed by atoms with Crippen molar-refractivity contribution in [2.75, 3.05) is 13.6 Å². The molecule has 19 heavy (non-hydrogen) atoms. The van der Waals surface area contributed by atoms with Crippen LogP contribution in [0.4, 0.5) is 0 Å². The van der Waals surface area contributed by atoms with Crippen molar-refractivity contribution in [1.82, 2.24) is 4.90 Å². The van der Waals surface area contributed by atoms with Crippen molar-refractivity contribution in [3.8, 4) is 0 Å². The molecular formula is C15H20N2O2. The van der Waals surface area contributed by atoms with E-state index in [-0.39, 0.29) is 11.9 Å². The molecule has 0 saturated heterocycles. The highest BCUT2D eigenvalue weighted by molar-refractivity contribution is 5.96. The summed E-state index contributed by atoms with van der Waals surface area (Å²) in [4.78, 5) is 14.0. The number of fused-ring (bicyclic) bond motifs is 1. The van der Waals surface area contributed by atoms with Crippen LogP contribution >= 0.6 is 0 Å². The molecule has 0 saturated carbocycles. The van der Waals surface area contributed by atoms with Gasteiger partial charge in [0.2, 0.25) is 0 Å². The summed E-state index contributed by atoms with van der Waals surface area (Å²) in [6.07, 6.45) is 0.779. The Morgan fingerprint density at radius 2 is 2.16 bits per heavy atom. The largest absolute Gasteiger partial charge is 0.451 e. The van der Waals surface area contributed by atoms with Crippen molar-refractivity contribution in [2.45, 2.75) is 26.3 Å². The summed E-state index contributed by atoms with van der Waals surface area (Å²) in [5.74, 6) is 0.279. The van der Waals surface area contributed by atoms with E-state index in [0.717, 1.165) is 23.0 Å². The molecule has 0 spiro atoms. The van der Waals surface area contributed by atoms with Gasteiger partial charge < -0.3 is 15.1 Å². The minimum atomic E-state index is -0.102. The van der Waals surface area contributed by atoms with Crippen LogP contribution in [0.25, 0.3) is 11.0 Å². The van der Waals surface area contributed by atoms with E-state index in [1.807, 2.05) is 32.0 Å². The van der Waals surface area contributed by atoms with Crippen molar-refractivity contribution < 1.29 is 9.21 Å². The quantitative estimate of drug-likeness (QED) is 0.919. The molecule has 1 aromatic heterocycles. The Morgan fingerprint density at radius 3 is 2.84 bits per heavy atom. The van der Waals surface area contributed by atoms with Gasteiger partial charge >= 0.3 is 0 Å². The second-order valence-corrected chi connectivity index (χ2v) is 4.99. The summed E-state index contributed by atoms with van der Waals surface area (Å²) in [7, 11) is 1.78. The molecule has 0 aliphatic rings. The molecule has 2 rings (SSSR count). The molecule has 0 aliphatic heterocycles. The van der Waals surface area contributed by atoms with Crippen LogP contribution in [0.15, 0.2) is 28.7 Å². The normalized spacial score (nSPS) is 12.6. The zero-order valence-corrected chi connectivity index (χ0v) is 11.6. The molecule has 0 fully saturated rings. The van der Waals surface area contributed by atoms with Crippen LogP contribution in [0.2, 0.25) is 0 Å². The molecule has 1 aromatic carbocycles. The first kappa shape index (κ1) is 13.6. The molecule has 1 heterocycles. The van der Waals surface area contributed by atoms with E-state index in [9.17, 15) is 4.79 Å². The van der Waals surface area contributed by atoms with Gasteiger partial charge in [0.1, 0.15) is 5.58 Å². The van der Waals surface area contributed by atoms with Gasteiger partial charge in [-0.3, -0.25) is 4.79 Å². The summed E-state index contributed by atoms with van der Waals surface area (Å²) in [5, 5.41) is 0.961. The van der Waals surface area contributed by atoms with Crippen LogP contribution in [-0.4, -0.2) is 30.4 Å². The number of aryl methyl sites for hydroxylation is 1. The number of nitrogens with zero attached hydrogens (tertiary/aromatic N) is 1. The van der Waals surface area contributed by atoms with Crippen molar-refractivity contribution in [1.29, 1.82) is 0 Å². The van der Waals surface area contributed by atoms with Crippen molar-refractivity contribution in [3.05, 3.63) is 35.6 Å². The Bertz CT molecular complexity index is 589. The molecule has 102 valence electrons. The number of benzene rings is 1. The predicted octanol–water partition coefficient (Wildman–Crippen LogP) is 2.55. The predicted molar refractivity (Wildman–Crippen MR) is 76.2 cm³/mol. The number of carbonyl (C=O) groups excluding carboxylic acids is 1. The van der Waals surface area contributed by atoms with Crippen LogP contribution in [-0.2, 0) is 0 Å². The van der Waals surface area contributed by atoms with Gasteiger partial charge in [-0.1, -0.05) is 11.6 Å². The lowest BCUT2D eigenvalue weighted by molar-refractivity contribution is 0.0709. The first-order valence-electron chi connectivity index (χ1n) is 6.50. The SMILES string of the molecule is Cc1ccc2oc(C(=O)N(C)C(C)CCN)cc2c1.